The molecule has 0 aliphatic carbocycles. The molecule has 0 heterocycles. The summed E-state index contributed by atoms with van der Waals surface area (Å²) >= 11 is 0. The van der Waals surface area contributed by atoms with Crippen molar-refractivity contribution in [1.82, 2.24) is 0 Å². The molecule has 0 aromatic carbocycles. The zero-order valence-corrected chi connectivity index (χ0v) is 7.82. The molecular weight excluding hydrogens is 174 g/mol. The van der Waals surface area contributed by atoms with Crippen LogP contribution in [-0.4, -0.2) is 29.7 Å². The standard InChI is InChI=1S/C8H15NO4/c1-5(2)7(9)8(12)13-4-3-6(10)11/h5,7H,3-4,9H2,1-2H3,(H,10,11)/t7-/m0/s1. The van der Waals surface area contributed by atoms with Crippen LogP contribution in [0.5, 0.6) is 0 Å². The summed E-state index contributed by atoms with van der Waals surface area (Å²) in [5.74, 6) is -1.54. The molecule has 0 aliphatic heterocycles. The van der Waals surface area contributed by atoms with Crippen LogP contribution < -0.4 is 5.73 Å². The number of carboxylic acid groups (broad SMARTS) is 1. The molecule has 3 N–H and O–H groups in total. The number of nitrogens with two attached hydrogens (primary N) is 1. The largest absolute Gasteiger partial charge is 0.481 e. The molecule has 0 radical (unpaired) electrons. The van der Waals surface area contributed by atoms with Crippen molar-refractivity contribution in [2.24, 2.45) is 11.7 Å². The van der Waals surface area contributed by atoms with Gasteiger partial charge in [-0.15, -0.1) is 0 Å². The molecule has 13 heavy (non-hydrogen) atoms. The smallest absolute Gasteiger partial charge is 0.323 e. The number of hydrogen-bond donors (Lipinski definition) is 2. The summed E-state index contributed by atoms with van der Waals surface area (Å²) in [6.45, 7) is 3.47. The Bertz CT molecular complexity index is 191. The Kier molecular flexibility index (Phi) is 5.06. The summed E-state index contributed by atoms with van der Waals surface area (Å²) in [7, 11) is 0. The van der Waals surface area contributed by atoms with Gasteiger partial charge < -0.3 is 15.6 Å². The highest BCUT2D eigenvalue weighted by molar-refractivity contribution is 5.76. The summed E-state index contributed by atoms with van der Waals surface area (Å²) in [5, 5.41) is 8.25. The van der Waals surface area contributed by atoms with Gasteiger partial charge in [0.2, 0.25) is 0 Å². The fraction of sp³-hybridized carbons (Fsp3) is 0.750. The number of ether oxygens (including phenoxy) is 1. The normalized spacial score (nSPS) is 12.6. The van der Waals surface area contributed by atoms with Crippen molar-refractivity contribution in [1.29, 1.82) is 0 Å². The van der Waals surface area contributed by atoms with Crippen LogP contribution >= 0.6 is 0 Å². The van der Waals surface area contributed by atoms with E-state index in [4.69, 9.17) is 10.8 Å². The van der Waals surface area contributed by atoms with Gasteiger partial charge in [0, 0.05) is 0 Å². The average Bonchev–Trinajstić information content (AvgIpc) is 2.02. The van der Waals surface area contributed by atoms with E-state index in [2.05, 4.69) is 4.74 Å². The van der Waals surface area contributed by atoms with E-state index in [1.807, 2.05) is 0 Å². The van der Waals surface area contributed by atoms with Gasteiger partial charge in [-0.3, -0.25) is 9.59 Å². The van der Waals surface area contributed by atoms with Crippen molar-refractivity contribution in [3.8, 4) is 0 Å². The number of hydrogen-bond acceptors (Lipinski definition) is 4. The number of aliphatic carboxylic acids is 1. The molecule has 0 aromatic rings. The van der Waals surface area contributed by atoms with E-state index in [1.165, 1.54) is 0 Å². The molecule has 5 nitrogen and oxygen atoms in total. The summed E-state index contributed by atoms with van der Waals surface area (Å²) in [4.78, 5) is 21.1. The quantitative estimate of drug-likeness (QED) is 0.593. The lowest BCUT2D eigenvalue weighted by Gasteiger charge is -2.13. The van der Waals surface area contributed by atoms with Crippen molar-refractivity contribution < 1.29 is 19.4 Å². The Morgan fingerprint density at radius 1 is 1.46 bits per heavy atom. The molecule has 0 fully saturated rings. The first-order valence-corrected chi connectivity index (χ1v) is 4.09. The van der Waals surface area contributed by atoms with E-state index >= 15 is 0 Å². The van der Waals surface area contributed by atoms with Gasteiger partial charge in [-0.05, 0) is 5.92 Å². The van der Waals surface area contributed by atoms with E-state index in [-0.39, 0.29) is 18.9 Å². The number of carbonyl (C=O) groups excluding carboxylic acids is 1. The van der Waals surface area contributed by atoms with Crippen LogP contribution in [-0.2, 0) is 14.3 Å². The Morgan fingerprint density at radius 3 is 2.38 bits per heavy atom. The fourth-order valence-electron chi connectivity index (χ4n) is 0.607. The topological polar surface area (TPSA) is 89.6 Å². The highest BCUT2D eigenvalue weighted by Crippen LogP contribution is 2.00. The van der Waals surface area contributed by atoms with Crippen molar-refractivity contribution in [2.45, 2.75) is 26.3 Å². The zero-order chi connectivity index (χ0) is 10.4. The second-order valence-corrected chi connectivity index (χ2v) is 3.08. The van der Waals surface area contributed by atoms with E-state index in [0.29, 0.717) is 0 Å². The van der Waals surface area contributed by atoms with Crippen LogP contribution in [0, 0.1) is 5.92 Å². The molecule has 0 saturated heterocycles. The monoisotopic (exact) mass is 189 g/mol. The summed E-state index contributed by atoms with van der Waals surface area (Å²) in [6.07, 6.45) is -0.184. The molecule has 0 aromatic heterocycles. The molecule has 5 heteroatoms. The summed E-state index contributed by atoms with van der Waals surface area (Å²) in [6, 6.07) is -0.672. The number of esters is 1. The van der Waals surface area contributed by atoms with E-state index < -0.39 is 18.0 Å². The van der Waals surface area contributed by atoms with Crippen LogP contribution in [0.4, 0.5) is 0 Å². The minimum atomic E-state index is -0.995. The maximum Gasteiger partial charge on any atom is 0.323 e. The van der Waals surface area contributed by atoms with E-state index in [0.717, 1.165) is 0 Å². The minimum absolute atomic E-state index is 0.00247. The maximum atomic E-state index is 11.0. The highest BCUT2D eigenvalue weighted by Gasteiger charge is 2.18. The third-order valence-electron chi connectivity index (χ3n) is 1.55. The van der Waals surface area contributed by atoms with Crippen molar-refractivity contribution in [3.05, 3.63) is 0 Å². The first-order chi connectivity index (χ1) is 5.95. The molecule has 0 saturated carbocycles. The number of carbonyl (C=O) groups is 2. The predicted octanol–water partition coefficient (Wildman–Crippen LogP) is -0.0124. The molecule has 0 spiro atoms. The van der Waals surface area contributed by atoms with Crippen molar-refractivity contribution in [3.63, 3.8) is 0 Å². The van der Waals surface area contributed by atoms with Crippen LogP contribution in [0.15, 0.2) is 0 Å². The summed E-state index contributed by atoms with van der Waals surface area (Å²) in [5.41, 5.74) is 5.45. The molecule has 76 valence electrons. The Hall–Kier alpha value is -1.10. The van der Waals surface area contributed by atoms with Gasteiger partial charge in [-0.1, -0.05) is 13.8 Å². The van der Waals surface area contributed by atoms with Crippen LogP contribution in [0.25, 0.3) is 0 Å². The van der Waals surface area contributed by atoms with Gasteiger partial charge in [0.15, 0.2) is 0 Å². The lowest BCUT2D eigenvalue weighted by Crippen LogP contribution is -2.37. The highest BCUT2D eigenvalue weighted by atomic mass is 16.5. The molecule has 0 aliphatic rings. The Morgan fingerprint density at radius 2 is 2.00 bits per heavy atom. The average molecular weight is 189 g/mol. The van der Waals surface area contributed by atoms with E-state index in [9.17, 15) is 9.59 Å². The van der Waals surface area contributed by atoms with E-state index in [1.54, 1.807) is 13.8 Å². The van der Waals surface area contributed by atoms with Crippen LogP contribution in [0.2, 0.25) is 0 Å². The second-order valence-electron chi connectivity index (χ2n) is 3.08. The van der Waals surface area contributed by atoms with Crippen LogP contribution in [0.1, 0.15) is 20.3 Å². The second kappa shape index (κ2) is 5.53. The Labute approximate surface area is 76.9 Å². The minimum Gasteiger partial charge on any atom is -0.481 e. The number of carboxylic acids is 1. The van der Waals surface area contributed by atoms with Crippen molar-refractivity contribution in [2.75, 3.05) is 6.61 Å². The zero-order valence-electron chi connectivity index (χ0n) is 7.82. The van der Waals surface area contributed by atoms with Gasteiger partial charge in [0.05, 0.1) is 6.42 Å². The number of rotatable bonds is 5. The van der Waals surface area contributed by atoms with Crippen molar-refractivity contribution >= 4 is 11.9 Å². The third kappa shape index (κ3) is 5.19. The van der Waals surface area contributed by atoms with Gasteiger partial charge in [-0.2, -0.15) is 0 Å². The lowest BCUT2D eigenvalue weighted by molar-refractivity contribution is -0.148. The first kappa shape index (κ1) is 11.9. The maximum absolute atomic E-state index is 11.0. The molecule has 1 atom stereocenters. The first-order valence-electron chi connectivity index (χ1n) is 4.09. The summed E-state index contributed by atoms with van der Waals surface area (Å²) < 4.78 is 4.63. The van der Waals surface area contributed by atoms with Gasteiger partial charge >= 0.3 is 11.9 Å². The van der Waals surface area contributed by atoms with Gasteiger partial charge in [0.1, 0.15) is 12.6 Å². The fourth-order valence-corrected chi connectivity index (χ4v) is 0.607. The van der Waals surface area contributed by atoms with Gasteiger partial charge in [0.25, 0.3) is 0 Å². The molecule has 0 rings (SSSR count). The molecular formula is C8H15NO4. The van der Waals surface area contributed by atoms with Crippen LogP contribution in [0.3, 0.4) is 0 Å². The Balaban J connectivity index is 3.68. The third-order valence-corrected chi connectivity index (χ3v) is 1.55. The van der Waals surface area contributed by atoms with Gasteiger partial charge in [-0.25, -0.2) is 0 Å². The molecule has 0 amide bonds. The molecule has 0 unspecified atom stereocenters. The SMILES string of the molecule is CC(C)[C@H](N)C(=O)OCCC(=O)O. The molecule has 0 bridgehead atoms. The lowest BCUT2D eigenvalue weighted by atomic mass is 10.1. The predicted molar refractivity (Wildman–Crippen MR) is 46.0 cm³/mol.